The summed E-state index contributed by atoms with van der Waals surface area (Å²) < 4.78 is 0. The van der Waals surface area contributed by atoms with E-state index in [9.17, 15) is 0 Å². The van der Waals surface area contributed by atoms with Crippen LogP contribution in [-0.4, -0.2) is 11.7 Å². The van der Waals surface area contributed by atoms with Crippen molar-refractivity contribution in [3.63, 3.8) is 0 Å². The minimum absolute atomic E-state index is 0.334. The molecule has 0 aromatic heterocycles. The van der Waals surface area contributed by atoms with Crippen molar-refractivity contribution >= 4 is 0 Å². The SMILES string of the molecule is C=C(CCC)CCCCCO. The van der Waals surface area contributed by atoms with Gasteiger partial charge in [0.15, 0.2) is 0 Å². The summed E-state index contributed by atoms with van der Waals surface area (Å²) in [6.07, 6.45) is 6.80. The first-order chi connectivity index (χ1) is 5.31. The van der Waals surface area contributed by atoms with E-state index in [0.717, 1.165) is 19.3 Å². The first-order valence-corrected chi connectivity index (χ1v) is 4.58. The molecule has 1 nitrogen and oxygen atoms in total. The number of rotatable bonds is 7. The summed E-state index contributed by atoms with van der Waals surface area (Å²) >= 11 is 0. The van der Waals surface area contributed by atoms with Crippen LogP contribution in [0.15, 0.2) is 12.2 Å². The topological polar surface area (TPSA) is 20.2 Å². The highest BCUT2D eigenvalue weighted by Gasteiger charge is 1.92. The number of aliphatic hydroxyl groups is 1. The molecule has 1 heteroatoms. The Kier molecular flexibility index (Phi) is 7.59. The average molecular weight is 156 g/mol. The van der Waals surface area contributed by atoms with Crippen molar-refractivity contribution in [3.05, 3.63) is 12.2 Å². The van der Waals surface area contributed by atoms with Gasteiger partial charge in [-0.2, -0.15) is 0 Å². The third kappa shape index (κ3) is 7.60. The maximum atomic E-state index is 8.51. The predicted octanol–water partition coefficient (Wildman–Crippen LogP) is 2.90. The van der Waals surface area contributed by atoms with Gasteiger partial charge in [0.25, 0.3) is 0 Å². The molecule has 0 heterocycles. The van der Waals surface area contributed by atoms with Crippen LogP contribution in [0.25, 0.3) is 0 Å². The van der Waals surface area contributed by atoms with Crippen LogP contribution in [-0.2, 0) is 0 Å². The van der Waals surface area contributed by atoms with Crippen molar-refractivity contribution in [2.24, 2.45) is 0 Å². The summed E-state index contributed by atoms with van der Waals surface area (Å²) in [6.45, 7) is 6.49. The van der Waals surface area contributed by atoms with Gasteiger partial charge in [0.05, 0.1) is 0 Å². The molecule has 0 spiro atoms. The maximum absolute atomic E-state index is 8.51. The second kappa shape index (κ2) is 7.80. The number of hydrogen-bond donors (Lipinski definition) is 1. The van der Waals surface area contributed by atoms with E-state index in [2.05, 4.69) is 13.5 Å². The summed E-state index contributed by atoms with van der Waals surface area (Å²) in [6, 6.07) is 0. The largest absolute Gasteiger partial charge is 0.396 e. The van der Waals surface area contributed by atoms with Gasteiger partial charge in [-0.25, -0.2) is 0 Å². The number of hydrogen-bond acceptors (Lipinski definition) is 1. The summed E-state index contributed by atoms with van der Waals surface area (Å²) in [7, 11) is 0. The number of allylic oxidation sites excluding steroid dienone is 1. The minimum atomic E-state index is 0.334. The third-order valence-corrected chi connectivity index (χ3v) is 1.79. The molecule has 0 atom stereocenters. The van der Waals surface area contributed by atoms with Gasteiger partial charge < -0.3 is 5.11 Å². The molecule has 0 saturated carbocycles. The normalized spacial score (nSPS) is 10.0. The molecule has 0 saturated heterocycles. The molecule has 0 aliphatic carbocycles. The molecular formula is C10H20O. The molecule has 0 aliphatic rings. The summed E-state index contributed by atoms with van der Waals surface area (Å²) in [4.78, 5) is 0. The quantitative estimate of drug-likeness (QED) is 0.444. The average Bonchev–Trinajstić information content (AvgIpc) is 1.99. The van der Waals surface area contributed by atoms with Gasteiger partial charge in [0.2, 0.25) is 0 Å². The van der Waals surface area contributed by atoms with Crippen LogP contribution >= 0.6 is 0 Å². The zero-order valence-corrected chi connectivity index (χ0v) is 7.60. The molecule has 66 valence electrons. The molecule has 0 amide bonds. The van der Waals surface area contributed by atoms with Gasteiger partial charge in [0.1, 0.15) is 0 Å². The fourth-order valence-electron chi connectivity index (χ4n) is 1.14. The zero-order chi connectivity index (χ0) is 8.53. The summed E-state index contributed by atoms with van der Waals surface area (Å²) in [5, 5.41) is 8.51. The maximum Gasteiger partial charge on any atom is 0.0431 e. The molecule has 0 bridgehead atoms. The van der Waals surface area contributed by atoms with Crippen molar-refractivity contribution in [1.29, 1.82) is 0 Å². The van der Waals surface area contributed by atoms with Gasteiger partial charge in [-0.1, -0.05) is 31.9 Å². The van der Waals surface area contributed by atoms with E-state index < -0.39 is 0 Å². The lowest BCUT2D eigenvalue weighted by Crippen LogP contribution is -1.85. The Labute approximate surface area is 70.1 Å². The Balaban J connectivity index is 3.04. The second-order valence-corrected chi connectivity index (χ2v) is 3.03. The van der Waals surface area contributed by atoms with Crippen LogP contribution in [0.4, 0.5) is 0 Å². The molecule has 0 unspecified atom stereocenters. The Bertz CT molecular complexity index is 97.0. The third-order valence-electron chi connectivity index (χ3n) is 1.79. The molecule has 0 aliphatic heterocycles. The first-order valence-electron chi connectivity index (χ1n) is 4.58. The highest BCUT2D eigenvalue weighted by atomic mass is 16.2. The summed E-state index contributed by atoms with van der Waals surface area (Å²) in [5.74, 6) is 0. The monoisotopic (exact) mass is 156 g/mol. The molecule has 1 N–H and O–H groups in total. The standard InChI is InChI=1S/C10H20O/c1-3-7-10(2)8-5-4-6-9-11/h11H,2-9H2,1H3. The van der Waals surface area contributed by atoms with Crippen molar-refractivity contribution < 1.29 is 5.11 Å². The van der Waals surface area contributed by atoms with Gasteiger partial charge >= 0.3 is 0 Å². The Morgan fingerprint density at radius 2 is 1.91 bits per heavy atom. The van der Waals surface area contributed by atoms with E-state index in [0.29, 0.717) is 6.61 Å². The van der Waals surface area contributed by atoms with E-state index in [1.807, 2.05) is 0 Å². The van der Waals surface area contributed by atoms with E-state index in [1.54, 1.807) is 0 Å². The van der Waals surface area contributed by atoms with Crippen LogP contribution in [0.5, 0.6) is 0 Å². The van der Waals surface area contributed by atoms with E-state index in [-0.39, 0.29) is 0 Å². The highest BCUT2D eigenvalue weighted by Crippen LogP contribution is 2.11. The summed E-state index contributed by atoms with van der Waals surface area (Å²) in [5.41, 5.74) is 1.37. The van der Waals surface area contributed by atoms with E-state index >= 15 is 0 Å². The molecule has 0 rings (SSSR count). The zero-order valence-electron chi connectivity index (χ0n) is 7.60. The van der Waals surface area contributed by atoms with Crippen molar-refractivity contribution in [2.75, 3.05) is 6.61 Å². The minimum Gasteiger partial charge on any atom is -0.396 e. The predicted molar refractivity (Wildman–Crippen MR) is 49.6 cm³/mol. The van der Waals surface area contributed by atoms with Gasteiger partial charge in [0, 0.05) is 6.61 Å². The lowest BCUT2D eigenvalue weighted by molar-refractivity contribution is 0.283. The van der Waals surface area contributed by atoms with E-state index in [1.165, 1.54) is 24.8 Å². The molecule has 0 aromatic carbocycles. The van der Waals surface area contributed by atoms with Crippen molar-refractivity contribution in [2.45, 2.75) is 45.4 Å². The van der Waals surface area contributed by atoms with Crippen LogP contribution in [0.3, 0.4) is 0 Å². The van der Waals surface area contributed by atoms with Crippen LogP contribution in [0, 0.1) is 0 Å². The second-order valence-electron chi connectivity index (χ2n) is 3.03. The molecule has 0 aromatic rings. The highest BCUT2D eigenvalue weighted by molar-refractivity contribution is 4.92. The molecule has 0 radical (unpaired) electrons. The fourth-order valence-corrected chi connectivity index (χ4v) is 1.14. The molecule has 0 fully saturated rings. The first kappa shape index (κ1) is 10.7. The van der Waals surface area contributed by atoms with Crippen LogP contribution in [0.1, 0.15) is 45.4 Å². The van der Waals surface area contributed by atoms with Crippen LogP contribution in [0.2, 0.25) is 0 Å². The van der Waals surface area contributed by atoms with Gasteiger partial charge in [-0.05, 0) is 25.7 Å². The lowest BCUT2D eigenvalue weighted by atomic mass is 10.1. The van der Waals surface area contributed by atoms with E-state index in [4.69, 9.17) is 5.11 Å². The van der Waals surface area contributed by atoms with Crippen molar-refractivity contribution in [1.82, 2.24) is 0 Å². The Morgan fingerprint density at radius 3 is 2.45 bits per heavy atom. The smallest absolute Gasteiger partial charge is 0.0431 e. The fraction of sp³-hybridized carbons (Fsp3) is 0.800. The number of aliphatic hydroxyl groups excluding tert-OH is 1. The number of unbranched alkanes of at least 4 members (excludes halogenated alkanes) is 2. The van der Waals surface area contributed by atoms with Crippen LogP contribution < -0.4 is 0 Å². The van der Waals surface area contributed by atoms with Gasteiger partial charge in [-0.3, -0.25) is 0 Å². The lowest BCUT2D eigenvalue weighted by Gasteiger charge is -2.02. The molecular weight excluding hydrogens is 136 g/mol. The Morgan fingerprint density at radius 1 is 1.18 bits per heavy atom. The van der Waals surface area contributed by atoms with Gasteiger partial charge in [-0.15, -0.1) is 0 Å². The van der Waals surface area contributed by atoms with Crippen molar-refractivity contribution in [3.8, 4) is 0 Å². The molecule has 11 heavy (non-hydrogen) atoms. The Hall–Kier alpha value is -0.300.